The molecule has 1 N–H and O–H groups in total. The number of thiazole rings is 1. The molecule has 136 valence electrons. The number of hydrogen-bond acceptors (Lipinski definition) is 6. The number of carbonyl (C=O) groups excluding carboxylic acids is 1. The van der Waals surface area contributed by atoms with E-state index >= 15 is 0 Å². The summed E-state index contributed by atoms with van der Waals surface area (Å²) in [5, 5.41) is 15.4. The number of anilines is 1. The Balaban J connectivity index is 1.73. The minimum Gasteiger partial charge on any atom is -0.302 e. The first-order chi connectivity index (χ1) is 12.5. The molecule has 0 unspecified atom stereocenters. The van der Waals surface area contributed by atoms with Crippen molar-refractivity contribution >= 4 is 57.3 Å². The zero-order valence-electron chi connectivity index (χ0n) is 14.0. The predicted octanol–water partition coefficient (Wildman–Crippen LogP) is 4.77. The zero-order chi connectivity index (χ0) is 18.7. The Morgan fingerprint density at radius 3 is 2.81 bits per heavy atom. The molecule has 2 aromatic heterocycles. The Morgan fingerprint density at radius 1 is 1.35 bits per heavy atom. The van der Waals surface area contributed by atoms with E-state index in [1.807, 2.05) is 29.9 Å². The molecule has 1 aromatic carbocycles. The Labute approximate surface area is 168 Å². The van der Waals surface area contributed by atoms with Gasteiger partial charge in [-0.1, -0.05) is 35.0 Å². The number of aryl methyl sites for hydroxylation is 1. The summed E-state index contributed by atoms with van der Waals surface area (Å²) in [6.45, 7) is 4.52. The average Bonchev–Trinajstić information content (AvgIpc) is 3.18. The summed E-state index contributed by atoms with van der Waals surface area (Å²) in [5.74, 6) is 0.721. The lowest BCUT2D eigenvalue weighted by atomic mass is 10.2. The van der Waals surface area contributed by atoms with Gasteiger partial charge >= 0.3 is 0 Å². The van der Waals surface area contributed by atoms with Crippen molar-refractivity contribution < 1.29 is 4.79 Å². The van der Waals surface area contributed by atoms with Crippen LogP contribution in [0, 0.1) is 6.92 Å². The van der Waals surface area contributed by atoms with Gasteiger partial charge in [0.25, 0.3) is 0 Å². The molecule has 1 amide bonds. The first-order valence-corrected chi connectivity index (χ1v) is 10.3. The molecule has 10 heteroatoms. The predicted molar refractivity (Wildman–Crippen MR) is 107 cm³/mol. The monoisotopic (exact) mass is 427 g/mol. The van der Waals surface area contributed by atoms with Crippen LogP contribution in [0.1, 0.15) is 12.6 Å². The molecule has 0 aliphatic carbocycles. The first kappa shape index (κ1) is 19.2. The molecule has 0 saturated carbocycles. The van der Waals surface area contributed by atoms with E-state index in [1.54, 1.807) is 12.1 Å². The molecule has 0 bridgehead atoms. The Bertz CT molecular complexity index is 941. The number of halogens is 2. The lowest BCUT2D eigenvalue weighted by Gasteiger charge is -2.08. The fourth-order valence-electron chi connectivity index (χ4n) is 2.25. The van der Waals surface area contributed by atoms with Crippen LogP contribution in [0.25, 0.3) is 11.4 Å². The molecular weight excluding hydrogens is 413 g/mol. The van der Waals surface area contributed by atoms with Crippen LogP contribution in [0.2, 0.25) is 10.0 Å². The number of hydrogen-bond donors (Lipinski definition) is 1. The highest BCUT2D eigenvalue weighted by Crippen LogP contribution is 2.31. The van der Waals surface area contributed by atoms with Gasteiger partial charge < -0.3 is 9.88 Å². The minimum atomic E-state index is -0.138. The zero-order valence-corrected chi connectivity index (χ0v) is 17.1. The summed E-state index contributed by atoms with van der Waals surface area (Å²) in [4.78, 5) is 16.3. The van der Waals surface area contributed by atoms with E-state index in [2.05, 4.69) is 20.5 Å². The van der Waals surface area contributed by atoms with Crippen molar-refractivity contribution in [1.29, 1.82) is 0 Å². The van der Waals surface area contributed by atoms with Crippen molar-refractivity contribution in [3.8, 4) is 11.4 Å². The van der Waals surface area contributed by atoms with Gasteiger partial charge in [0.1, 0.15) is 0 Å². The molecule has 0 atom stereocenters. The Kier molecular flexibility index (Phi) is 6.18. The quantitative estimate of drug-likeness (QED) is 0.573. The molecule has 0 radical (unpaired) electrons. The van der Waals surface area contributed by atoms with Crippen molar-refractivity contribution in [1.82, 2.24) is 19.7 Å². The maximum absolute atomic E-state index is 12.1. The van der Waals surface area contributed by atoms with E-state index < -0.39 is 0 Å². The molecule has 3 aromatic rings. The van der Waals surface area contributed by atoms with Gasteiger partial charge in [-0.05, 0) is 32.0 Å². The second-order valence-corrected chi connectivity index (χ2v) is 7.95. The molecule has 0 aliphatic heterocycles. The number of rotatable bonds is 6. The van der Waals surface area contributed by atoms with Gasteiger partial charge in [0, 0.05) is 22.5 Å². The summed E-state index contributed by atoms with van der Waals surface area (Å²) in [6.07, 6.45) is 0. The van der Waals surface area contributed by atoms with Crippen molar-refractivity contribution in [2.24, 2.45) is 0 Å². The molecular formula is C16H15Cl2N5OS2. The van der Waals surface area contributed by atoms with E-state index in [0.717, 1.165) is 11.3 Å². The summed E-state index contributed by atoms with van der Waals surface area (Å²) in [6, 6.07) is 5.24. The van der Waals surface area contributed by atoms with E-state index in [-0.39, 0.29) is 11.7 Å². The topological polar surface area (TPSA) is 72.7 Å². The van der Waals surface area contributed by atoms with E-state index in [4.69, 9.17) is 23.2 Å². The fraction of sp³-hybridized carbons (Fsp3) is 0.250. The number of thioether (sulfide) groups is 1. The van der Waals surface area contributed by atoms with Gasteiger partial charge in [-0.15, -0.1) is 21.5 Å². The summed E-state index contributed by atoms with van der Waals surface area (Å²) >= 11 is 15.0. The molecule has 3 rings (SSSR count). The normalized spacial score (nSPS) is 10.9. The van der Waals surface area contributed by atoms with Crippen LogP contribution in [0.5, 0.6) is 0 Å². The third kappa shape index (κ3) is 4.37. The maximum Gasteiger partial charge on any atom is 0.236 e. The van der Waals surface area contributed by atoms with Crippen LogP contribution >= 0.6 is 46.3 Å². The van der Waals surface area contributed by atoms with Crippen LogP contribution in [-0.2, 0) is 11.3 Å². The van der Waals surface area contributed by atoms with Crippen LogP contribution in [0.15, 0.2) is 28.7 Å². The number of benzene rings is 1. The van der Waals surface area contributed by atoms with Gasteiger partial charge in [-0.3, -0.25) is 4.79 Å². The molecule has 26 heavy (non-hydrogen) atoms. The first-order valence-electron chi connectivity index (χ1n) is 7.71. The van der Waals surface area contributed by atoms with Crippen LogP contribution < -0.4 is 5.32 Å². The highest BCUT2D eigenvalue weighted by Gasteiger charge is 2.17. The average molecular weight is 428 g/mol. The number of nitrogens with zero attached hydrogens (tertiary/aromatic N) is 4. The third-order valence-electron chi connectivity index (χ3n) is 3.40. The number of aromatic nitrogens is 4. The number of carbonyl (C=O) groups is 1. The van der Waals surface area contributed by atoms with E-state index in [0.29, 0.717) is 32.7 Å². The van der Waals surface area contributed by atoms with Gasteiger partial charge in [0.05, 0.1) is 16.5 Å². The second kappa shape index (κ2) is 8.39. The lowest BCUT2D eigenvalue weighted by Crippen LogP contribution is -2.14. The van der Waals surface area contributed by atoms with Crippen molar-refractivity contribution in [2.45, 2.75) is 25.5 Å². The summed E-state index contributed by atoms with van der Waals surface area (Å²) in [7, 11) is 0. The van der Waals surface area contributed by atoms with Crippen molar-refractivity contribution in [3.63, 3.8) is 0 Å². The summed E-state index contributed by atoms with van der Waals surface area (Å²) in [5.41, 5.74) is 1.63. The number of nitrogens with one attached hydrogen (secondary N) is 1. The second-order valence-electron chi connectivity index (χ2n) is 5.31. The van der Waals surface area contributed by atoms with E-state index in [1.165, 1.54) is 23.1 Å². The summed E-state index contributed by atoms with van der Waals surface area (Å²) < 4.78 is 1.92. The molecule has 6 nitrogen and oxygen atoms in total. The molecule has 0 spiro atoms. The van der Waals surface area contributed by atoms with Crippen molar-refractivity contribution in [2.75, 3.05) is 11.1 Å². The highest BCUT2D eigenvalue weighted by molar-refractivity contribution is 7.99. The van der Waals surface area contributed by atoms with Gasteiger partial charge in [0.2, 0.25) is 5.91 Å². The Morgan fingerprint density at radius 2 is 2.15 bits per heavy atom. The largest absolute Gasteiger partial charge is 0.302 e. The van der Waals surface area contributed by atoms with Crippen LogP contribution in [0.3, 0.4) is 0 Å². The van der Waals surface area contributed by atoms with Crippen molar-refractivity contribution in [3.05, 3.63) is 39.3 Å². The van der Waals surface area contributed by atoms with Crippen LogP contribution in [0.4, 0.5) is 5.13 Å². The Hall–Kier alpha value is -1.61. The van der Waals surface area contributed by atoms with Gasteiger partial charge in [-0.2, -0.15) is 0 Å². The van der Waals surface area contributed by atoms with Crippen LogP contribution in [-0.4, -0.2) is 31.4 Å². The lowest BCUT2D eigenvalue weighted by molar-refractivity contribution is -0.113. The maximum atomic E-state index is 12.1. The third-order valence-corrected chi connectivity index (χ3v) is 5.79. The molecule has 0 fully saturated rings. The van der Waals surface area contributed by atoms with E-state index in [9.17, 15) is 4.79 Å². The van der Waals surface area contributed by atoms with Gasteiger partial charge in [0.15, 0.2) is 16.1 Å². The van der Waals surface area contributed by atoms with Gasteiger partial charge in [-0.25, -0.2) is 4.98 Å². The smallest absolute Gasteiger partial charge is 0.236 e. The molecule has 2 heterocycles. The standard InChI is InChI=1S/C16H15Cl2N5OS2/c1-3-23-14(11-5-4-10(17)6-12(11)18)21-22-16(23)26-8-13(24)20-15-19-9(2)7-25-15/h4-7H,3,8H2,1-2H3,(H,19,20,24). The number of amides is 1. The highest BCUT2D eigenvalue weighted by atomic mass is 35.5. The minimum absolute atomic E-state index is 0.138. The SMILES string of the molecule is CCn1c(SCC(=O)Nc2nc(C)cs2)nnc1-c1ccc(Cl)cc1Cl. The fourth-order valence-corrected chi connectivity index (χ4v) is 4.25. The molecule has 0 aliphatic rings. The molecule has 0 saturated heterocycles.